The Labute approximate surface area is 228 Å². The molecular formula is C28H34ClN5O4. The van der Waals surface area contributed by atoms with Gasteiger partial charge in [-0.25, -0.2) is 9.78 Å². The number of likely N-dealkylation sites (tertiary alicyclic amines) is 1. The average molecular weight is 540 g/mol. The maximum atomic E-state index is 13.3. The van der Waals surface area contributed by atoms with Crippen molar-refractivity contribution in [2.24, 2.45) is 0 Å². The molecule has 0 spiro atoms. The van der Waals surface area contributed by atoms with Gasteiger partial charge in [0.1, 0.15) is 22.9 Å². The molecule has 10 heteroatoms. The first-order valence-corrected chi connectivity index (χ1v) is 13.2. The molecule has 9 nitrogen and oxygen atoms in total. The van der Waals surface area contributed by atoms with E-state index in [0.717, 1.165) is 22.4 Å². The monoisotopic (exact) mass is 539 g/mol. The Balaban J connectivity index is 1.44. The average Bonchev–Trinajstić information content (AvgIpc) is 3.26. The van der Waals surface area contributed by atoms with E-state index in [1.165, 1.54) is 6.20 Å². The molecule has 0 atom stereocenters. The Bertz CT molecular complexity index is 1290. The number of ether oxygens (including phenoxy) is 2. The lowest BCUT2D eigenvalue weighted by atomic mass is 10.1. The van der Waals surface area contributed by atoms with E-state index in [4.69, 9.17) is 21.1 Å². The van der Waals surface area contributed by atoms with Gasteiger partial charge >= 0.3 is 6.09 Å². The summed E-state index contributed by atoms with van der Waals surface area (Å²) in [6.07, 6.45) is 4.13. The van der Waals surface area contributed by atoms with E-state index in [1.54, 1.807) is 15.8 Å². The zero-order valence-corrected chi connectivity index (χ0v) is 23.2. The SMILES string of the molecule is CCOc1ccc(-c2cnc(NC(=O)c3c(Cl)cnn3C3CCN(C(=O)OC(C)(C)C)CC3)c(C)c2)cc1. The third kappa shape index (κ3) is 6.45. The Morgan fingerprint density at radius 1 is 1.11 bits per heavy atom. The molecule has 1 saturated heterocycles. The van der Waals surface area contributed by atoms with Gasteiger partial charge in [-0.2, -0.15) is 5.10 Å². The molecule has 1 N–H and O–H groups in total. The van der Waals surface area contributed by atoms with Gasteiger partial charge in [0.05, 0.1) is 23.9 Å². The van der Waals surface area contributed by atoms with Crippen molar-refractivity contribution in [3.05, 3.63) is 59.0 Å². The summed E-state index contributed by atoms with van der Waals surface area (Å²) >= 11 is 6.40. The second-order valence-corrected chi connectivity index (χ2v) is 10.7. The van der Waals surface area contributed by atoms with E-state index in [-0.39, 0.29) is 28.8 Å². The van der Waals surface area contributed by atoms with Crippen LogP contribution in [0.15, 0.2) is 42.7 Å². The number of piperidine rings is 1. The maximum Gasteiger partial charge on any atom is 0.410 e. The van der Waals surface area contributed by atoms with Crippen LogP contribution in [-0.4, -0.2) is 57.0 Å². The number of anilines is 1. The molecule has 1 fully saturated rings. The number of nitrogens with one attached hydrogen (secondary N) is 1. The summed E-state index contributed by atoms with van der Waals surface area (Å²) in [5.41, 5.74) is 2.48. The van der Waals surface area contributed by atoms with Crippen LogP contribution in [0.1, 0.15) is 62.6 Å². The lowest BCUT2D eigenvalue weighted by Crippen LogP contribution is -2.42. The predicted octanol–water partition coefficient (Wildman–Crippen LogP) is 6.13. The van der Waals surface area contributed by atoms with E-state index >= 15 is 0 Å². The number of aryl methyl sites for hydroxylation is 1. The number of hydrogen-bond donors (Lipinski definition) is 1. The molecular weight excluding hydrogens is 506 g/mol. The fourth-order valence-electron chi connectivity index (χ4n) is 4.39. The van der Waals surface area contributed by atoms with Crippen LogP contribution in [0.25, 0.3) is 11.1 Å². The van der Waals surface area contributed by atoms with Gasteiger partial charge in [-0.05, 0) is 76.8 Å². The number of nitrogens with zero attached hydrogens (tertiary/aromatic N) is 4. The zero-order valence-electron chi connectivity index (χ0n) is 22.5. The molecule has 1 aliphatic rings. The highest BCUT2D eigenvalue weighted by Crippen LogP contribution is 2.29. The van der Waals surface area contributed by atoms with E-state index in [0.29, 0.717) is 38.4 Å². The molecule has 4 rings (SSSR count). The Morgan fingerprint density at radius 2 is 1.79 bits per heavy atom. The van der Waals surface area contributed by atoms with Crippen LogP contribution in [0.2, 0.25) is 5.02 Å². The maximum absolute atomic E-state index is 13.3. The van der Waals surface area contributed by atoms with Crippen molar-refractivity contribution in [1.29, 1.82) is 0 Å². The molecule has 0 saturated carbocycles. The number of carbonyl (C=O) groups is 2. The number of benzene rings is 1. The number of amides is 2. The number of halogens is 1. The molecule has 3 heterocycles. The molecule has 2 aromatic heterocycles. The molecule has 38 heavy (non-hydrogen) atoms. The van der Waals surface area contributed by atoms with Crippen LogP contribution < -0.4 is 10.1 Å². The third-order valence-corrected chi connectivity index (χ3v) is 6.51. The summed E-state index contributed by atoms with van der Waals surface area (Å²) in [6.45, 7) is 11.0. The Morgan fingerprint density at radius 3 is 2.39 bits per heavy atom. The van der Waals surface area contributed by atoms with Gasteiger partial charge in [-0.3, -0.25) is 9.48 Å². The normalized spacial score (nSPS) is 14.3. The van der Waals surface area contributed by atoms with Gasteiger partial charge in [0, 0.05) is 24.8 Å². The van der Waals surface area contributed by atoms with Crippen molar-refractivity contribution in [1.82, 2.24) is 19.7 Å². The highest BCUT2D eigenvalue weighted by atomic mass is 35.5. The van der Waals surface area contributed by atoms with Crippen molar-refractivity contribution < 1.29 is 19.1 Å². The fraction of sp³-hybridized carbons (Fsp3) is 0.429. The van der Waals surface area contributed by atoms with Gasteiger partial charge in [-0.15, -0.1) is 0 Å². The first-order valence-electron chi connectivity index (χ1n) is 12.8. The van der Waals surface area contributed by atoms with Gasteiger partial charge in [0.25, 0.3) is 5.91 Å². The van der Waals surface area contributed by atoms with Gasteiger partial charge in [0.15, 0.2) is 0 Å². The summed E-state index contributed by atoms with van der Waals surface area (Å²) in [7, 11) is 0. The lowest BCUT2D eigenvalue weighted by Gasteiger charge is -2.33. The Hall–Kier alpha value is -3.59. The first kappa shape index (κ1) is 27.4. The third-order valence-electron chi connectivity index (χ3n) is 6.24. The van der Waals surface area contributed by atoms with E-state index in [2.05, 4.69) is 15.4 Å². The van der Waals surface area contributed by atoms with Gasteiger partial charge in [0.2, 0.25) is 0 Å². The van der Waals surface area contributed by atoms with Crippen LogP contribution >= 0.6 is 11.6 Å². The highest BCUT2D eigenvalue weighted by Gasteiger charge is 2.30. The molecule has 202 valence electrons. The van der Waals surface area contributed by atoms with Crippen LogP contribution in [0.5, 0.6) is 5.75 Å². The van der Waals surface area contributed by atoms with E-state index in [9.17, 15) is 9.59 Å². The number of carbonyl (C=O) groups excluding carboxylic acids is 2. The van der Waals surface area contributed by atoms with Crippen LogP contribution in [0.3, 0.4) is 0 Å². The van der Waals surface area contributed by atoms with Crippen molar-refractivity contribution in [3.63, 3.8) is 0 Å². The van der Waals surface area contributed by atoms with Crippen LogP contribution in [-0.2, 0) is 4.74 Å². The first-order chi connectivity index (χ1) is 18.1. The molecule has 0 bridgehead atoms. The second kappa shape index (κ2) is 11.4. The predicted molar refractivity (Wildman–Crippen MR) is 147 cm³/mol. The van der Waals surface area contributed by atoms with E-state index < -0.39 is 5.60 Å². The van der Waals surface area contributed by atoms with Crippen molar-refractivity contribution in [2.45, 2.75) is 59.1 Å². The molecule has 0 radical (unpaired) electrons. The molecule has 2 amide bonds. The summed E-state index contributed by atoms with van der Waals surface area (Å²) in [5, 5.41) is 7.54. The van der Waals surface area contributed by atoms with E-state index in [1.807, 2.05) is 65.0 Å². The Kier molecular flexibility index (Phi) is 8.26. The van der Waals surface area contributed by atoms with Crippen molar-refractivity contribution in [3.8, 4) is 16.9 Å². The fourth-order valence-corrected chi connectivity index (χ4v) is 4.61. The smallest absolute Gasteiger partial charge is 0.410 e. The minimum atomic E-state index is -0.548. The number of rotatable bonds is 6. The van der Waals surface area contributed by atoms with Crippen molar-refractivity contribution >= 4 is 29.4 Å². The summed E-state index contributed by atoms with van der Waals surface area (Å²) in [4.78, 5) is 31.9. The van der Waals surface area contributed by atoms with Crippen LogP contribution in [0, 0.1) is 6.92 Å². The number of pyridine rings is 1. The topological polar surface area (TPSA) is 98.6 Å². The minimum Gasteiger partial charge on any atom is -0.494 e. The summed E-state index contributed by atoms with van der Waals surface area (Å²) < 4.78 is 12.7. The summed E-state index contributed by atoms with van der Waals surface area (Å²) in [5.74, 6) is 0.883. The lowest BCUT2D eigenvalue weighted by molar-refractivity contribution is 0.0183. The standard InChI is InChI=1S/C28H34ClN5O4/c1-6-37-22-9-7-19(8-10-22)20-15-18(2)25(30-16-20)32-26(35)24-23(29)17-31-34(24)21-11-13-33(14-12-21)27(36)38-28(3,4)5/h7-10,15-17,21H,6,11-14H2,1-5H3,(H,30,32,35). The van der Waals surface area contributed by atoms with Crippen LogP contribution in [0.4, 0.5) is 10.6 Å². The zero-order chi connectivity index (χ0) is 27.4. The molecule has 0 unspecified atom stereocenters. The molecule has 3 aromatic rings. The number of hydrogen-bond acceptors (Lipinski definition) is 6. The molecule has 0 aliphatic carbocycles. The second-order valence-electron chi connectivity index (χ2n) is 10.3. The molecule has 1 aromatic carbocycles. The van der Waals surface area contributed by atoms with Gasteiger partial charge in [-0.1, -0.05) is 23.7 Å². The molecule has 1 aliphatic heterocycles. The quantitative estimate of drug-likeness (QED) is 0.404. The van der Waals surface area contributed by atoms with Gasteiger partial charge < -0.3 is 19.7 Å². The highest BCUT2D eigenvalue weighted by molar-refractivity contribution is 6.34. The number of aromatic nitrogens is 3. The largest absolute Gasteiger partial charge is 0.494 e. The minimum absolute atomic E-state index is 0.0713. The van der Waals surface area contributed by atoms with Crippen molar-refractivity contribution in [2.75, 3.05) is 25.0 Å². The summed E-state index contributed by atoms with van der Waals surface area (Å²) in [6, 6.07) is 9.70.